The van der Waals surface area contributed by atoms with Crippen LogP contribution in [0.5, 0.6) is 0 Å². The van der Waals surface area contributed by atoms with Crippen molar-refractivity contribution in [1.82, 2.24) is 14.9 Å². The monoisotopic (exact) mass is 333 g/mol. The highest BCUT2D eigenvalue weighted by molar-refractivity contribution is 7.18. The van der Waals surface area contributed by atoms with Gasteiger partial charge in [-0.25, -0.2) is 4.98 Å². The van der Waals surface area contributed by atoms with E-state index in [0.29, 0.717) is 19.1 Å². The summed E-state index contributed by atoms with van der Waals surface area (Å²) in [4.78, 5) is 20.2. The van der Waals surface area contributed by atoms with Crippen molar-refractivity contribution >= 4 is 21.6 Å². The van der Waals surface area contributed by atoms with Gasteiger partial charge in [0, 0.05) is 17.5 Å². The molecule has 0 aliphatic heterocycles. The van der Waals surface area contributed by atoms with E-state index in [4.69, 9.17) is 4.98 Å². The van der Waals surface area contributed by atoms with Crippen molar-refractivity contribution in [2.75, 3.05) is 6.54 Å². The Kier molecular flexibility index (Phi) is 3.99. The van der Waals surface area contributed by atoms with Gasteiger partial charge in [-0.05, 0) is 51.0 Å². The number of fused-ring (bicyclic) bond motifs is 3. The minimum Gasteiger partial charge on any atom is -0.392 e. The van der Waals surface area contributed by atoms with E-state index in [0.717, 1.165) is 41.7 Å². The fourth-order valence-corrected chi connectivity index (χ4v) is 4.76. The standard InChI is InChI=1S/C17H23N3O2S/c1-10(21)8-18-9-14-19-16-15(17(22)20(14)11-6-7-11)12-4-2-3-5-13(12)23-16/h10-11,18,21H,2-9H2,1H3. The van der Waals surface area contributed by atoms with Crippen LogP contribution < -0.4 is 10.9 Å². The van der Waals surface area contributed by atoms with Crippen LogP contribution in [0.4, 0.5) is 0 Å². The number of thiophene rings is 1. The predicted octanol–water partition coefficient (Wildman–Crippen LogP) is 2.14. The Balaban J connectivity index is 1.79. The number of nitrogens with one attached hydrogen (secondary N) is 1. The second kappa shape index (κ2) is 6.00. The summed E-state index contributed by atoms with van der Waals surface area (Å²) >= 11 is 1.71. The van der Waals surface area contributed by atoms with Crippen LogP contribution in [0.25, 0.3) is 10.2 Å². The van der Waals surface area contributed by atoms with Crippen molar-refractivity contribution in [2.45, 2.75) is 64.1 Å². The van der Waals surface area contributed by atoms with E-state index in [2.05, 4.69) is 5.32 Å². The lowest BCUT2D eigenvalue weighted by Gasteiger charge is -2.14. The van der Waals surface area contributed by atoms with Crippen molar-refractivity contribution in [2.24, 2.45) is 0 Å². The fraction of sp³-hybridized carbons (Fsp3) is 0.647. The Labute approximate surface area is 139 Å². The van der Waals surface area contributed by atoms with E-state index < -0.39 is 6.10 Å². The van der Waals surface area contributed by atoms with Gasteiger partial charge in [-0.1, -0.05) is 0 Å². The molecule has 2 N–H and O–H groups in total. The summed E-state index contributed by atoms with van der Waals surface area (Å²) in [6.07, 6.45) is 6.27. The Morgan fingerprint density at radius 2 is 2.17 bits per heavy atom. The molecule has 4 rings (SSSR count). The van der Waals surface area contributed by atoms with Crippen molar-refractivity contribution in [3.8, 4) is 0 Å². The molecule has 23 heavy (non-hydrogen) atoms. The Morgan fingerprint density at radius 1 is 1.39 bits per heavy atom. The third-order valence-electron chi connectivity index (χ3n) is 4.73. The molecule has 0 bridgehead atoms. The minimum absolute atomic E-state index is 0.158. The summed E-state index contributed by atoms with van der Waals surface area (Å²) in [5.74, 6) is 0.823. The SMILES string of the molecule is CC(O)CNCc1nc2sc3c(c2c(=O)n1C1CC1)CCCC3. The molecule has 6 heteroatoms. The molecular formula is C17H23N3O2S. The van der Waals surface area contributed by atoms with E-state index >= 15 is 0 Å². The lowest BCUT2D eigenvalue weighted by Crippen LogP contribution is -2.30. The van der Waals surface area contributed by atoms with Crippen LogP contribution in [0.1, 0.15) is 54.9 Å². The van der Waals surface area contributed by atoms with Gasteiger partial charge in [0.05, 0.1) is 18.0 Å². The van der Waals surface area contributed by atoms with Crippen LogP contribution in [0.2, 0.25) is 0 Å². The number of hydrogen-bond acceptors (Lipinski definition) is 5. The third kappa shape index (κ3) is 2.84. The molecule has 0 aromatic carbocycles. The van der Waals surface area contributed by atoms with E-state index in [-0.39, 0.29) is 5.56 Å². The Hall–Kier alpha value is -1.24. The number of rotatable bonds is 5. The van der Waals surface area contributed by atoms with Gasteiger partial charge in [-0.2, -0.15) is 0 Å². The Morgan fingerprint density at radius 3 is 2.91 bits per heavy atom. The fourth-order valence-electron chi connectivity index (χ4n) is 3.49. The van der Waals surface area contributed by atoms with Crippen LogP contribution in [-0.4, -0.2) is 27.3 Å². The van der Waals surface area contributed by atoms with Gasteiger partial charge in [-0.15, -0.1) is 11.3 Å². The topological polar surface area (TPSA) is 67.2 Å². The smallest absolute Gasteiger partial charge is 0.262 e. The lowest BCUT2D eigenvalue weighted by molar-refractivity contribution is 0.190. The van der Waals surface area contributed by atoms with E-state index in [9.17, 15) is 9.90 Å². The first kappa shape index (κ1) is 15.3. The maximum atomic E-state index is 13.1. The summed E-state index contributed by atoms with van der Waals surface area (Å²) in [6, 6.07) is 0.321. The summed E-state index contributed by atoms with van der Waals surface area (Å²) < 4.78 is 1.92. The first-order valence-corrected chi connectivity index (χ1v) is 9.41. The molecule has 2 heterocycles. The van der Waals surface area contributed by atoms with E-state index in [1.165, 1.54) is 23.3 Å². The zero-order valence-corrected chi connectivity index (χ0v) is 14.3. The van der Waals surface area contributed by atoms with Crippen LogP contribution >= 0.6 is 11.3 Å². The van der Waals surface area contributed by atoms with Crippen molar-refractivity contribution in [3.63, 3.8) is 0 Å². The van der Waals surface area contributed by atoms with E-state index in [1.54, 1.807) is 18.3 Å². The van der Waals surface area contributed by atoms with Gasteiger partial charge >= 0.3 is 0 Å². The quantitative estimate of drug-likeness (QED) is 0.880. The van der Waals surface area contributed by atoms with Crippen molar-refractivity contribution < 1.29 is 5.11 Å². The lowest BCUT2D eigenvalue weighted by atomic mass is 9.97. The molecule has 2 aromatic heterocycles. The van der Waals surface area contributed by atoms with Gasteiger partial charge < -0.3 is 10.4 Å². The number of aryl methyl sites for hydroxylation is 2. The molecule has 1 fully saturated rings. The average molecular weight is 333 g/mol. The molecule has 1 saturated carbocycles. The number of aliphatic hydroxyl groups excluding tert-OH is 1. The summed E-state index contributed by atoms with van der Waals surface area (Å²) in [6.45, 7) is 2.81. The maximum Gasteiger partial charge on any atom is 0.262 e. The zero-order chi connectivity index (χ0) is 16.0. The molecule has 2 aliphatic carbocycles. The second-order valence-electron chi connectivity index (χ2n) is 6.81. The molecule has 1 atom stereocenters. The van der Waals surface area contributed by atoms with Gasteiger partial charge in [0.25, 0.3) is 5.56 Å². The summed E-state index contributed by atoms with van der Waals surface area (Å²) in [5.41, 5.74) is 1.43. The third-order valence-corrected chi connectivity index (χ3v) is 5.91. The largest absolute Gasteiger partial charge is 0.392 e. The number of hydrogen-bond donors (Lipinski definition) is 2. The molecule has 0 spiro atoms. The van der Waals surface area contributed by atoms with Crippen LogP contribution in [-0.2, 0) is 19.4 Å². The van der Waals surface area contributed by atoms with Crippen LogP contribution in [0.15, 0.2) is 4.79 Å². The second-order valence-corrected chi connectivity index (χ2v) is 7.89. The van der Waals surface area contributed by atoms with Gasteiger partial charge in [0.1, 0.15) is 10.7 Å². The van der Waals surface area contributed by atoms with Crippen LogP contribution in [0, 0.1) is 0 Å². The summed E-state index contributed by atoms with van der Waals surface area (Å²) in [5, 5.41) is 13.5. The first-order chi connectivity index (χ1) is 11.1. The molecule has 2 aliphatic rings. The highest BCUT2D eigenvalue weighted by Gasteiger charge is 2.30. The molecule has 124 valence electrons. The number of aromatic nitrogens is 2. The molecule has 2 aromatic rings. The molecule has 5 nitrogen and oxygen atoms in total. The van der Waals surface area contributed by atoms with Gasteiger partial charge in [0.2, 0.25) is 0 Å². The highest BCUT2D eigenvalue weighted by Crippen LogP contribution is 2.37. The minimum atomic E-state index is -0.395. The van der Waals surface area contributed by atoms with Crippen LogP contribution in [0.3, 0.4) is 0 Å². The van der Waals surface area contributed by atoms with E-state index in [1.807, 2.05) is 4.57 Å². The highest BCUT2D eigenvalue weighted by atomic mass is 32.1. The molecule has 0 amide bonds. The molecular weight excluding hydrogens is 310 g/mol. The first-order valence-electron chi connectivity index (χ1n) is 8.59. The number of nitrogens with zero attached hydrogens (tertiary/aromatic N) is 2. The molecule has 0 saturated heterocycles. The summed E-state index contributed by atoms with van der Waals surface area (Å²) in [7, 11) is 0. The maximum absolute atomic E-state index is 13.1. The van der Waals surface area contributed by atoms with Gasteiger partial charge in [0.15, 0.2) is 0 Å². The van der Waals surface area contributed by atoms with Gasteiger partial charge in [-0.3, -0.25) is 9.36 Å². The normalized spacial score (nSPS) is 19.0. The average Bonchev–Trinajstić information content (AvgIpc) is 3.26. The van der Waals surface area contributed by atoms with Crippen molar-refractivity contribution in [1.29, 1.82) is 0 Å². The predicted molar refractivity (Wildman–Crippen MR) is 92.2 cm³/mol. The molecule has 1 unspecified atom stereocenters. The van der Waals surface area contributed by atoms with Crippen molar-refractivity contribution in [3.05, 3.63) is 26.6 Å². The molecule has 0 radical (unpaired) electrons. The Bertz CT molecular complexity index is 789. The zero-order valence-electron chi connectivity index (χ0n) is 13.5. The number of aliphatic hydroxyl groups is 1.